The van der Waals surface area contributed by atoms with Crippen molar-refractivity contribution < 1.29 is 39.0 Å². The third-order valence-corrected chi connectivity index (χ3v) is 9.98. The summed E-state index contributed by atoms with van der Waals surface area (Å²) >= 11 is 0. The van der Waals surface area contributed by atoms with Crippen LogP contribution in [-0.4, -0.2) is 128 Å². The zero-order valence-electron chi connectivity index (χ0n) is 32.1. The largest absolute Gasteiger partial charge is 0.391 e. The van der Waals surface area contributed by atoms with E-state index in [2.05, 4.69) is 19.2 Å². The highest BCUT2D eigenvalue weighted by Crippen LogP contribution is 2.27. The molecule has 2 aliphatic rings. The summed E-state index contributed by atoms with van der Waals surface area (Å²) in [5.74, 6) is -3.59. The number of imide groups is 1. The number of likely N-dealkylation sites (tertiary alicyclic amines) is 1. The number of rotatable bonds is 17. The van der Waals surface area contributed by atoms with Gasteiger partial charge in [0, 0.05) is 39.1 Å². The maximum atomic E-state index is 14.1. The van der Waals surface area contributed by atoms with Crippen LogP contribution < -0.4 is 5.32 Å². The number of aliphatic hydroxyl groups is 2. The van der Waals surface area contributed by atoms with Crippen molar-refractivity contribution >= 4 is 35.4 Å². The Morgan fingerprint density at radius 1 is 0.980 bits per heavy atom. The number of nitrogens with zero attached hydrogens (tertiary/aromatic N) is 4. The number of aliphatic hydroxyl groups excluding tert-OH is 2. The number of amides is 6. The topological polar surface area (TPSA) is 168 Å². The lowest BCUT2D eigenvalue weighted by Gasteiger charge is -2.38. The molecule has 13 nitrogen and oxygen atoms in total. The first-order valence-electron chi connectivity index (χ1n) is 18.3. The minimum Gasteiger partial charge on any atom is -0.391 e. The minimum atomic E-state index is -1.44. The molecule has 2 rings (SSSR count). The van der Waals surface area contributed by atoms with E-state index >= 15 is 0 Å². The zero-order chi connectivity index (χ0) is 38.2. The number of unbranched alkanes of at least 4 members (excludes halogenated alkanes) is 1. The second kappa shape index (κ2) is 18.8. The van der Waals surface area contributed by atoms with E-state index in [0.29, 0.717) is 18.8 Å². The Balaban J connectivity index is 2.30. The second-order valence-electron chi connectivity index (χ2n) is 15.4. The van der Waals surface area contributed by atoms with Gasteiger partial charge in [-0.15, -0.1) is 0 Å². The van der Waals surface area contributed by atoms with Gasteiger partial charge in [-0.2, -0.15) is 0 Å². The number of hydrogen-bond acceptors (Lipinski definition) is 8. The average molecular weight is 706 g/mol. The van der Waals surface area contributed by atoms with E-state index < -0.39 is 77.9 Å². The molecule has 13 heteroatoms. The normalized spacial score (nSPS) is 22.7. The first-order chi connectivity index (χ1) is 23.2. The summed E-state index contributed by atoms with van der Waals surface area (Å²) in [6.07, 6.45) is 4.65. The van der Waals surface area contributed by atoms with Gasteiger partial charge in [0.1, 0.15) is 24.2 Å². The van der Waals surface area contributed by atoms with Gasteiger partial charge in [-0.25, -0.2) is 0 Å². The molecule has 9 atom stereocenters. The van der Waals surface area contributed by atoms with E-state index in [-0.39, 0.29) is 30.7 Å². The van der Waals surface area contributed by atoms with Crippen molar-refractivity contribution in [3.63, 3.8) is 0 Å². The van der Waals surface area contributed by atoms with Crippen LogP contribution in [0.15, 0.2) is 12.2 Å². The Labute approximate surface area is 298 Å². The van der Waals surface area contributed by atoms with Gasteiger partial charge in [0.15, 0.2) is 0 Å². The first kappa shape index (κ1) is 42.8. The fourth-order valence-electron chi connectivity index (χ4n) is 7.18. The SMILES string of the molecule is CCCC[C@H](C)C[C@H](C)C(=O)N(C)[C@@H](CC(C)C)C(=O)N[C@H](C(=O)N(C)[C@H](C(=O)N1C[C@@H](O)C[C@@H]1C(=O)N1C(=O)C=CC1C)C(C)C)C(C)O. The Morgan fingerprint density at radius 2 is 1.60 bits per heavy atom. The molecule has 0 aromatic carbocycles. The predicted octanol–water partition coefficient (Wildman–Crippen LogP) is 2.34. The molecule has 2 heterocycles. The lowest BCUT2D eigenvalue weighted by molar-refractivity contribution is -0.155. The third-order valence-electron chi connectivity index (χ3n) is 9.98. The Morgan fingerprint density at radius 3 is 2.10 bits per heavy atom. The zero-order valence-corrected chi connectivity index (χ0v) is 32.1. The van der Waals surface area contributed by atoms with Crippen LogP contribution in [0.3, 0.4) is 0 Å². The molecule has 2 unspecified atom stereocenters. The Kier molecular flexibility index (Phi) is 16.1. The molecule has 0 radical (unpaired) electrons. The Hall–Kier alpha value is -3.32. The number of nitrogens with one attached hydrogen (secondary N) is 1. The van der Waals surface area contributed by atoms with Crippen molar-refractivity contribution in [2.45, 2.75) is 143 Å². The van der Waals surface area contributed by atoms with E-state index in [0.717, 1.165) is 29.1 Å². The molecular formula is C37H63N5O8. The summed E-state index contributed by atoms with van der Waals surface area (Å²) in [5.41, 5.74) is 0. The summed E-state index contributed by atoms with van der Waals surface area (Å²) < 4.78 is 0. The summed E-state index contributed by atoms with van der Waals surface area (Å²) in [6.45, 7) is 16.3. The molecular weight excluding hydrogens is 642 g/mol. The van der Waals surface area contributed by atoms with Crippen LogP contribution in [-0.2, 0) is 28.8 Å². The number of β-amino-alcohol motifs (C(OH)–C–C–N with tert-alkyl or cyclic N) is 1. The number of carbonyl (C=O) groups is 6. The van der Waals surface area contributed by atoms with Gasteiger partial charge >= 0.3 is 0 Å². The first-order valence-corrected chi connectivity index (χ1v) is 18.3. The van der Waals surface area contributed by atoms with Crippen LogP contribution in [0.4, 0.5) is 0 Å². The molecule has 3 N–H and O–H groups in total. The number of likely N-dealkylation sites (N-methyl/N-ethyl adjacent to an activating group) is 2. The second-order valence-corrected chi connectivity index (χ2v) is 15.4. The van der Waals surface area contributed by atoms with Crippen LogP contribution >= 0.6 is 0 Å². The smallest absolute Gasteiger partial charge is 0.253 e. The van der Waals surface area contributed by atoms with Crippen molar-refractivity contribution in [3.8, 4) is 0 Å². The summed E-state index contributed by atoms with van der Waals surface area (Å²) in [6, 6.07) is -5.08. The third kappa shape index (κ3) is 10.6. The number of hydrogen-bond donors (Lipinski definition) is 3. The van der Waals surface area contributed by atoms with E-state index in [1.807, 2.05) is 20.8 Å². The highest BCUT2D eigenvalue weighted by molar-refractivity contribution is 6.06. The molecule has 284 valence electrons. The minimum absolute atomic E-state index is 0.0344. The highest BCUT2D eigenvalue weighted by Gasteiger charge is 2.47. The van der Waals surface area contributed by atoms with Gasteiger partial charge in [-0.1, -0.05) is 73.8 Å². The fraction of sp³-hybridized carbons (Fsp3) is 0.784. The fourth-order valence-corrected chi connectivity index (χ4v) is 7.18. The van der Waals surface area contributed by atoms with Crippen molar-refractivity contribution in [3.05, 3.63) is 12.2 Å². The van der Waals surface area contributed by atoms with Gasteiger partial charge in [0.25, 0.3) is 11.8 Å². The molecule has 50 heavy (non-hydrogen) atoms. The van der Waals surface area contributed by atoms with Crippen molar-refractivity contribution in [1.29, 1.82) is 0 Å². The molecule has 0 aromatic rings. The highest BCUT2D eigenvalue weighted by atomic mass is 16.3. The molecule has 0 spiro atoms. The van der Waals surface area contributed by atoms with Crippen LogP contribution in [0.2, 0.25) is 0 Å². The van der Waals surface area contributed by atoms with E-state index in [1.54, 1.807) is 33.9 Å². The van der Waals surface area contributed by atoms with Gasteiger partial charge in [0.2, 0.25) is 23.6 Å². The van der Waals surface area contributed by atoms with Gasteiger partial charge in [0.05, 0.1) is 18.2 Å². The van der Waals surface area contributed by atoms with Gasteiger partial charge in [-0.05, 0) is 44.4 Å². The summed E-state index contributed by atoms with van der Waals surface area (Å²) in [4.78, 5) is 86.4. The van der Waals surface area contributed by atoms with Gasteiger partial charge < -0.3 is 30.2 Å². The number of carbonyl (C=O) groups excluding carboxylic acids is 6. The standard InChI is InChI=1S/C37H63N5O8/c1-12-13-14-23(6)18-24(7)34(47)39(10)28(17-21(2)3)33(46)38-31(26(9)43)36(49)40(11)32(22(4)5)37(50)41-20-27(44)19-29(41)35(48)42-25(8)15-16-30(42)45/h15-16,21-29,31-32,43-44H,12-14,17-20H2,1-11H3,(H,38,46)/t23-,24-,25?,26?,27-,28-,29+,31-,32-/m0/s1. The molecule has 0 bridgehead atoms. The summed E-state index contributed by atoms with van der Waals surface area (Å²) in [7, 11) is 2.99. The lowest BCUT2D eigenvalue weighted by atomic mass is 9.91. The summed E-state index contributed by atoms with van der Waals surface area (Å²) in [5, 5.41) is 24.0. The van der Waals surface area contributed by atoms with E-state index in [9.17, 15) is 39.0 Å². The lowest BCUT2D eigenvalue weighted by Crippen LogP contribution is -2.62. The van der Waals surface area contributed by atoms with Gasteiger partial charge in [-0.3, -0.25) is 33.7 Å². The van der Waals surface area contributed by atoms with E-state index in [4.69, 9.17) is 0 Å². The molecule has 1 saturated heterocycles. The predicted molar refractivity (Wildman–Crippen MR) is 190 cm³/mol. The van der Waals surface area contributed by atoms with Crippen LogP contribution in [0, 0.1) is 23.7 Å². The van der Waals surface area contributed by atoms with Crippen molar-refractivity contribution in [1.82, 2.24) is 24.9 Å². The molecule has 0 aromatic heterocycles. The maximum Gasteiger partial charge on any atom is 0.253 e. The Bertz CT molecular complexity index is 1250. The quantitative estimate of drug-likeness (QED) is 0.194. The monoisotopic (exact) mass is 705 g/mol. The molecule has 2 aliphatic heterocycles. The van der Waals surface area contributed by atoms with Crippen LogP contribution in [0.25, 0.3) is 0 Å². The molecule has 1 fully saturated rings. The molecule has 6 amide bonds. The van der Waals surface area contributed by atoms with E-state index in [1.165, 1.54) is 29.8 Å². The van der Waals surface area contributed by atoms with Crippen molar-refractivity contribution in [2.24, 2.45) is 23.7 Å². The molecule has 0 aliphatic carbocycles. The maximum absolute atomic E-state index is 14.1. The average Bonchev–Trinajstić information content (AvgIpc) is 3.60. The molecule has 0 saturated carbocycles. The van der Waals surface area contributed by atoms with Crippen molar-refractivity contribution in [2.75, 3.05) is 20.6 Å². The van der Waals surface area contributed by atoms with Crippen LogP contribution in [0.5, 0.6) is 0 Å². The van der Waals surface area contributed by atoms with Crippen LogP contribution in [0.1, 0.15) is 101 Å².